The van der Waals surface area contributed by atoms with E-state index in [0.717, 1.165) is 12.0 Å². The molecule has 0 atom stereocenters. The van der Waals surface area contributed by atoms with E-state index in [0.29, 0.717) is 0 Å². The molecule has 19 heavy (non-hydrogen) atoms. The molecule has 0 N–H and O–H groups in total. The van der Waals surface area contributed by atoms with Crippen LogP contribution in [0.3, 0.4) is 0 Å². The van der Waals surface area contributed by atoms with Gasteiger partial charge in [-0.1, -0.05) is 19.9 Å². The lowest BCUT2D eigenvalue weighted by Crippen LogP contribution is -2.41. The van der Waals surface area contributed by atoms with Crippen molar-refractivity contribution in [3.05, 3.63) is 30.1 Å². The second-order valence-electron chi connectivity index (χ2n) is 6.99. The highest BCUT2D eigenvalue weighted by Crippen LogP contribution is 2.40. The van der Waals surface area contributed by atoms with E-state index >= 15 is 0 Å². The number of nitrogens with zero attached hydrogens (tertiary/aromatic N) is 1. The fourth-order valence-electron chi connectivity index (χ4n) is 2.33. The second kappa shape index (κ2) is 4.60. The summed E-state index contributed by atoms with van der Waals surface area (Å²) in [5.41, 5.74) is 0.475. The Hall–Kier alpha value is -0.865. The van der Waals surface area contributed by atoms with Crippen molar-refractivity contribution in [3.63, 3.8) is 0 Å². The van der Waals surface area contributed by atoms with E-state index in [1.54, 1.807) is 0 Å². The SMILES string of the molecule is CC(C)(CB1OC(C)(C)C(C)(C)O1)c1ccccn1. The number of aromatic nitrogens is 1. The minimum absolute atomic E-state index is 0.0670. The van der Waals surface area contributed by atoms with E-state index in [1.165, 1.54) is 0 Å². The van der Waals surface area contributed by atoms with Crippen LogP contribution in [-0.4, -0.2) is 23.3 Å². The van der Waals surface area contributed by atoms with Crippen LogP contribution >= 0.6 is 0 Å². The molecular formula is C15H24BNO2. The average Bonchev–Trinajstić information content (AvgIpc) is 2.47. The van der Waals surface area contributed by atoms with Crippen LogP contribution in [0.15, 0.2) is 24.4 Å². The summed E-state index contributed by atoms with van der Waals surface area (Å²) in [5, 5.41) is 0. The summed E-state index contributed by atoms with van der Waals surface area (Å²) >= 11 is 0. The van der Waals surface area contributed by atoms with E-state index in [1.807, 2.05) is 18.3 Å². The van der Waals surface area contributed by atoms with Gasteiger partial charge < -0.3 is 9.31 Å². The quantitative estimate of drug-likeness (QED) is 0.781. The van der Waals surface area contributed by atoms with Crippen molar-refractivity contribution in [1.82, 2.24) is 4.98 Å². The summed E-state index contributed by atoms with van der Waals surface area (Å²) in [6.45, 7) is 12.7. The third kappa shape index (κ3) is 2.85. The van der Waals surface area contributed by atoms with Crippen molar-refractivity contribution in [2.75, 3.05) is 0 Å². The first-order valence-corrected chi connectivity index (χ1v) is 6.91. The van der Waals surface area contributed by atoms with Gasteiger partial charge in [-0.2, -0.15) is 0 Å². The van der Waals surface area contributed by atoms with Crippen molar-refractivity contribution < 1.29 is 9.31 Å². The van der Waals surface area contributed by atoms with Crippen molar-refractivity contribution in [1.29, 1.82) is 0 Å². The zero-order chi connectivity index (χ0) is 14.3. The van der Waals surface area contributed by atoms with Gasteiger partial charge in [-0.15, -0.1) is 0 Å². The third-order valence-corrected chi connectivity index (χ3v) is 4.34. The summed E-state index contributed by atoms with van der Waals surface area (Å²) in [4.78, 5) is 4.45. The predicted molar refractivity (Wildman–Crippen MR) is 78.2 cm³/mol. The Kier molecular flexibility index (Phi) is 3.52. The molecule has 2 rings (SSSR count). The molecule has 1 aliphatic heterocycles. The van der Waals surface area contributed by atoms with Crippen LogP contribution in [0, 0.1) is 0 Å². The molecule has 0 aliphatic carbocycles. The molecule has 1 aliphatic rings. The minimum Gasteiger partial charge on any atom is -0.403 e. The molecule has 0 radical (unpaired) electrons. The monoisotopic (exact) mass is 261 g/mol. The predicted octanol–water partition coefficient (Wildman–Crippen LogP) is 3.45. The molecule has 1 aromatic heterocycles. The number of hydrogen-bond acceptors (Lipinski definition) is 3. The molecule has 2 heterocycles. The van der Waals surface area contributed by atoms with Gasteiger partial charge in [-0.3, -0.25) is 4.98 Å². The molecule has 104 valence electrons. The number of pyridine rings is 1. The Labute approximate surface area is 116 Å². The van der Waals surface area contributed by atoms with Gasteiger partial charge >= 0.3 is 7.12 Å². The largest absolute Gasteiger partial charge is 0.458 e. The number of hydrogen-bond donors (Lipinski definition) is 0. The van der Waals surface area contributed by atoms with Gasteiger partial charge in [-0.25, -0.2) is 0 Å². The van der Waals surface area contributed by atoms with Crippen LogP contribution in [0.4, 0.5) is 0 Å². The van der Waals surface area contributed by atoms with Crippen LogP contribution in [0.25, 0.3) is 0 Å². The van der Waals surface area contributed by atoms with Crippen LogP contribution in [0.2, 0.25) is 6.32 Å². The molecule has 0 bridgehead atoms. The van der Waals surface area contributed by atoms with E-state index in [9.17, 15) is 0 Å². The molecule has 1 fully saturated rings. The first-order chi connectivity index (χ1) is 8.64. The lowest BCUT2D eigenvalue weighted by molar-refractivity contribution is 0.00578. The normalized spacial score (nSPS) is 21.7. The Bertz CT molecular complexity index is 427. The molecule has 1 saturated heterocycles. The van der Waals surface area contributed by atoms with Gasteiger partial charge in [0.1, 0.15) is 0 Å². The van der Waals surface area contributed by atoms with Crippen LogP contribution < -0.4 is 0 Å². The van der Waals surface area contributed by atoms with E-state index in [2.05, 4.69) is 52.6 Å². The summed E-state index contributed by atoms with van der Waals surface area (Å²) < 4.78 is 12.1. The van der Waals surface area contributed by atoms with Gasteiger partial charge in [0, 0.05) is 17.3 Å². The topological polar surface area (TPSA) is 31.4 Å². The molecule has 0 aromatic carbocycles. The van der Waals surface area contributed by atoms with E-state index < -0.39 is 0 Å². The van der Waals surface area contributed by atoms with Crippen molar-refractivity contribution in [3.8, 4) is 0 Å². The highest BCUT2D eigenvalue weighted by atomic mass is 16.7. The molecule has 0 amide bonds. The van der Waals surface area contributed by atoms with Crippen molar-refractivity contribution in [2.45, 2.75) is 64.5 Å². The molecule has 0 unspecified atom stereocenters. The first kappa shape index (κ1) is 14.5. The van der Waals surface area contributed by atoms with Crippen molar-refractivity contribution >= 4 is 7.12 Å². The third-order valence-electron chi connectivity index (χ3n) is 4.34. The maximum atomic E-state index is 6.07. The van der Waals surface area contributed by atoms with Gasteiger partial charge in [0.05, 0.1) is 11.2 Å². The zero-order valence-electron chi connectivity index (χ0n) is 12.9. The van der Waals surface area contributed by atoms with Crippen LogP contribution in [-0.2, 0) is 14.7 Å². The summed E-state index contributed by atoms with van der Waals surface area (Å²) in [7, 11) is -0.179. The fraction of sp³-hybridized carbons (Fsp3) is 0.667. The summed E-state index contributed by atoms with van der Waals surface area (Å²) in [5.74, 6) is 0. The average molecular weight is 261 g/mol. The minimum atomic E-state index is -0.266. The lowest BCUT2D eigenvalue weighted by atomic mass is 9.68. The van der Waals surface area contributed by atoms with Gasteiger partial charge in [-0.05, 0) is 46.1 Å². The Morgan fingerprint density at radius 2 is 1.68 bits per heavy atom. The molecular weight excluding hydrogens is 237 g/mol. The fourth-order valence-corrected chi connectivity index (χ4v) is 2.33. The second-order valence-corrected chi connectivity index (χ2v) is 6.99. The molecule has 0 spiro atoms. The van der Waals surface area contributed by atoms with Gasteiger partial charge in [0.2, 0.25) is 0 Å². The van der Waals surface area contributed by atoms with Gasteiger partial charge in [0.25, 0.3) is 0 Å². The maximum absolute atomic E-state index is 6.07. The van der Waals surface area contributed by atoms with E-state index in [4.69, 9.17) is 9.31 Å². The highest BCUT2D eigenvalue weighted by Gasteiger charge is 2.52. The highest BCUT2D eigenvalue weighted by molar-refractivity contribution is 6.45. The number of rotatable bonds is 3. The van der Waals surface area contributed by atoms with Crippen LogP contribution in [0.5, 0.6) is 0 Å². The smallest absolute Gasteiger partial charge is 0.403 e. The summed E-state index contributed by atoms with van der Waals surface area (Å²) in [6, 6.07) is 6.02. The summed E-state index contributed by atoms with van der Waals surface area (Å²) in [6.07, 6.45) is 2.64. The van der Waals surface area contributed by atoms with Gasteiger partial charge in [0.15, 0.2) is 0 Å². The Balaban J connectivity index is 2.11. The molecule has 0 saturated carbocycles. The maximum Gasteiger partial charge on any atom is 0.458 e. The standard InChI is InChI=1S/C15H24BNO2/c1-13(2,12-9-7-8-10-17-12)11-16-18-14(3,4)15(5,6)19-16/h7-10H,11H2,1-6H3. The molecule has 1 aromatic rings. The first-order valence-electron chi connectivity index (χ1n) is 6.91. The van der Waals surface area contributed by atoms with E-state index in [-0.39, 0.29) is 23.7 Å². The molecule has 3 nitrogen and oxygen atoms in total. The van der Waals surface area contributed by atoms with Crippen molar-refractivity contribution in [2.24, 2.45) is 0 Å². The Morgan fingerprint density at radius 1 is 1.11 bits per heavy atom. The van der Waals surface area contributed by atoms with Crippen LogP contribution in [0.1, 0.15) is 47.2 Å². The zero-order valence-corrected chi connectivity index (χ0v) is 12.9. The molecule has 4 heteroatoms. The Morgan fingerprint density at radius 3 is 2.16 bits per heavy atom. The lowest BCUT2D eigenvalue weighted by Gasteiger charge is -2.32.